The van der Waals surface area contributed by atoms with E-state index >= 15 is 0 Å². The topological polar surface area (TPSA) is 106 Å². The molecule has 1 saturated heterocycles. The molecule has 9 heteroatoms. The van der Waals surface area contributed by atoms with Crippen molar-refractivity contribution in [2.75, 3.05) is 11.5 Å². The molecule has 1 aliphatic heterocycles. The van der Waals surface area contributed by atoms with Crippen LogP contribution in [-0.2, 0) is 19.7 Å². The third-order valence-electron chi connectivity index (χ3n) is 6.49. The highest BCUT2D eigenvalue weighted by atomic mass is 32.1. The van der Waals surface area contributed by atoms with E-state index in [2.05, 4.69) is 25.8 Å². The van der Waals surface area contributed by atoms with Crippen molar-refractivity contribution >= 4 is 39.9 Å². The van der Waals surface area contributed by atoms with Gasteiger partial charge in [-0.05, 0) is 68.5 Å². The number of aliphatic hydroxyl groups is 1. The third-order valence-corrected chi connectivity index (χ3v) is 7.63. The molecule has 8 nitrogen and oxygen atoms in total. The van der Waals surface area contributed by atoms with Gasteiger partial charge >= 0.3 is 11.9 Å². The summed E-state index contributed by atoms with van der Waals surface area (Å²) in [5.74, 6) is -1.91. The lowest BCUT2D eigenvalue weighted by molar-refractivity contribution is -0.132. The summed E-state index contributed by atoms with van der Waals surface area (Å²) in [6.07, 6.45) is -0.0258. The van der Waals surface area contributed by atoms with E-state index in [0.29, 0.717) is 22.6 Å². The SMILES string of the molecule is CCOC(=O)c1sc(N2C(=O)C(=O)/C(=C(/O)c3ccc(OC(C)C)cc3)C2c2ccc(C(C)(C)C)cc2)nc1C. The quantitative estimate of drug-likeness (QED) is 0.155. The standard InChI is InChI=1S/C31H34N2O6S/c1-8-38-29(37)27-18(4)32-30(40-27)33-24(19-9-13-21(14-10-19)31(5,6)7)23(26(35)28(33)36)25(34)20-11-15-22(16-12-20)39-17(2)3/h9-17,24,34H,8H2,1-7H3/b25-23+. The zero-order chi connectivity index (χ0) is 29.4. The van der Waals surface area contributed by atoms with Gasteiger partial charge in [0.1, 0.15) is 16.4 Å². The number of esters is 1. The second kappa shape index (κ2) is 11.3. The minimum atomic E-state index is -0.957. The van der Waals surface area contributed by atoms with Crippen LogP contribution in [0.5, 0.6) is 5.75 Å². The second-order valence-electron chi connectivity index (χ2n) is 10.9. The van der Waals surface area contributed by atoms with Crippen LogP contribution in [0, 0.1) is 6.92 Å². The molecule has 1 aliphatic rings. The van der Waals surface area contributed by atoms with E-state index in [4.69, 9.17) is 9.47 Å². The summed E-state index contributed by atoms with van der Waals surface area (Å²) in [5.41, 5.74) is 2.29. The molecule has 0 aliphatic carbocycles. The Morgan fingerprint density at radius 1 is 1.07 bits per heavy atom. The lowest BCUT2D eigenvalue weighted by atomic mass is 9.85. The summed E-state index contributed by atoms with van der Waals surface area (Å²) in [6, 6.07) is 13.3. The molecule has 1 atom stereocenters. The Balaban J connectivity index is 1.87. The van der Waals surface area contributed by atoms with Crippen molar-refractivity contribution in [1.82, 2.24) is 4.98 Å². The van der Waals surface area contributed by atoms with Gasteiger partial charge in [-0.3, -0.25) is 14.5 Å². The zero-order valence-electron chi connectivity index (χ0n) is 23.8. The summed E-state index contributed by atoms with van der Waals surface area (Å²) in [4.78, 5) is 45.5. The van der Waals surface area contributed by atoms with Gasteiger partial charge < -0.3 is 14.6 Å². The number of aliphatic hydroxyl groups excluding tert-OH is 1. The number of carbonyl (C=O) groups excluding carboxylic acids is 3. The van der Waals surface area contributed by atoms with Gasteiger partial charge in [0.2, 0.25) is 0 Å². The predicted molar refractivity (Wildman–Crippen MR) is 155 cm³/mol. The Labute approximate surface area is 238 Å². The Morgan fingerprint density at radius 2 is 1.70 bits per heavy atom. The van der Waals surface area contributed by atoms with E-state index in [-0.39, 0.29) is 39.5 Å². The van der Waals surface area contributed by atoms with Crippen LogP contribution >= 0.6 is 11.3 Å². The summed E-state index contributed by atoms with van der Waals surface area (Å²) in [6.45, 7) is 13.6. The monoisotopic (exact) mass is 562 g/mol. The molecule has 1 N–H and O–H groups in total. The van der Waals surface area contributed by atoms with Crippen LogP contribution in [0.3, 0.4) is 0 Å². The minimum Gasteiger partial charge on any atom is -0.507 e. The van der Waals surface area contributed by atoms with Crippen molar-refractivity contribution < 1.29 is 29.0 Å². The zero-order valence-corrected chi connectivity index (χ0v) is 24.6. The van der Waals surface area contributed by atoms with Gasteiger partial charge in [-0.25, -0.2) is 9.78 Å². The lowest BCUT2D eigenvalue weighted by Crippen LogP contribution is -2.29. The number of rotatable bonds is 7. The number of benzene rings is 2. The highest BCUT2D eigenvalue weighted by Crippen LogP contribution is 2.44. The van der Waals surface area contributed by atoms with Gasteiger partial charge in [-0.15, -0.1) is 0 Å². The number of anilines is 1. The van der Waals surface area contributed by atoms with E-state index in [0.717, 1.165) is 16.9 Å². The van der Waals surface area contributed by atoms with Gasteiger partial charge in [-0.1, -0.05) is 56.4 Å². The molecule has 40 heavy (non-hydrogen) atoms. The molecule has 1 aromatic heterocycles. The molecule has 3 aromatic rings. The first-order chi connectivity index (χ1) is 18.8. The maximum absolute atomic E-state index is 13.5. The fourth-order valence-electron chi connectivity index (χ4n) is 4.50. The second-order valence-corrected chi connectivity index (χ2v) is 11.8. The summed E-state index contributed by atoms with van der Waals surface area (Å²) in [5, 5.41) is 11.6. The van der Waals surface area contributed by atoms with Gasteiger partial charge in [0, 0.05) is 5.56 Å². The smallest absolute Gasteiger partial charge is 0.350 e. The van der Waals surface area contributed by atoms with Crippen LogP contribution in [0.1, 0.15) is 79.6 Å². The van der Waals surface area contributed by atoms with E-state index in [1.807, 2.05) is 38.1 Å². The molecule has 0 spiro atoms. The highest BCUT2D eigenvalue weighted by molar-refractivity contribution is 7.17. The van der Waals surface area contributed by atoms with Gasteiger partial charge in [0.05, 0.1) is 30.0 Å². The number of nitrogens with zero attached hydrogens (tertiary/aromatic N) is 2. The summed E-state index contributed by atoms with van der Waals surface area (Å²) in [7, 11) is 0. The average Bonchev–Trinajstić information content (AvgIpc) is 3.40. The number of carbonyl (C=O) groups is 3. The van der Waals surface area contributed by atoms with E-state index in [9.17, 15) is 19.5 Å². The predicted octanol–water partition coefficient (Wildman–Crippen LogP) is 6.34. The molecule has 4 rings (SSSR count). The van der Waals surface area contributed by atoms with Gasteiger partial charge in [-0.2, -0.15) is 0 Å². The molecular weight excluding hydrogens is 528 g/mol. The Bertz CT molecular complexity index is 1460. The van der Waals surface area contributed by atoms with Crippen LogP contribution in [0.25, 0.3) is 5.76 Å². The van der Waals surface area contributed by atoms with Crippen LogP contribution in [0.2, 0.25) is 0 Å². The number of aromatic nitrogens is 1. The molecule has 1 amide bonds. The normalized spacial score (nSPS) is 17.0. The van der Waals surface area contributed by atoms with Crippen molar-refractivity contribution in [3.05, 3.63) is 81.4 Å². The molecule has 1 unspecified atom stereocenters. The Hall–Kier alpha value is -3.98. The van der Waals surface area contributed by atoms with Crippen molar-refractivity contribution in [3.8, 4) is 5.75 Å². The highest BCUT2D eigenvalue weighted by Gasteiger charge is 2.48. The lowest BCUT2D eigenvalue weighted by Gasteiger charge is -2.25. The third kappa shape index (κ3) is 5.65. The first kappa shape index (κ1) is 29.0. The largest absolute Gasteiger partial charge is 0.507 e. The van der Waals surface area contributed by atoms with Crippen molar-refractivity contribution in [1.29, 1.82) is 0 Å². The number of ether oxygens (including phenoxy) is 2. The summed E-state index contributed by atoms with van der Waals surface area (Å²) < 4.78 is 10.8. The van der Waals surface area contributed by atoms with Gasteiger partial charge in [0.25, 0.3) is 5.78 Å². The molecular formula is C31H34N2O6S. The first-order valence-electron chi connectivity index (χ1n) is 13.2. The van der Waals surface area contributed by atoms with E-state index in [1.165, 1.54) is 4.90 Å². The molecule has 0 radical (unpaired) electrons. The minimum absolute atomic E-state index is 0.0258. The van der Waals surface area contributed by atoms with E-state index in [1.54, 1.807) is 38.1 Å². The number of hydrogen-bond donors (Lipinski definition) is 1. The van der Waals surface area contributed by atoms with Crippen molar-refractivity contribution in [3.63, 3.8) is 0 Å². The number of aryl methyl sites for hydroxylation is 1. The average molecular weight is 563 g/mol. The first-order valence-corrected chi connectivity index (χ1v) is 14.0. The molecule has 2 aromatic carbocycles. The van der Waals surface area contributed by atoms with Crippen molar-refractivity contribution in [2.24, 2.45) is 0 Å². The number of amides is 1. The molecule has 1 fully saturated rings. The maximum Gasteiger partial charge on any atom is 0.350 e. The number of Topliss-reactive ketones (excluding diaryl/α,β-unsaturated/α-hetero) is 1. The molecule has 2 heterocycles. The molecule has 210 valence electrons. The molecule has 0 saturated carbocycles. The van der Waals surface area contributed by atoms with Crippen molar-refractivity contribution in [2.45, 2.75) is 66.0 Å². The fourth-order valence-corrected chi connectivity index (χ4v) is 5.49. The maximum atomic E-state index is 13.5. The van der Waals surface area contributed by atoms with Crippen LogP contribution < -0.4 is 9.64 Å². The fraction of sp³-hybridized carbons (Fsp3) is 0.355. The Kier molecular flexibility index (Phi) is 8.16. The number of ketones is 1. The van der Waals surface area contributed by atoms with Gasteiger partial charge in [0.15, 0.2) is 5.13 Å². The number of hydrogen-bond acceptors (Lipinski definition) is 8. The van der Waals surface area contributed by atoms with Crippen LogP contribution in [-0.4, -0.2) is 40.5 Å². The Morgan fingerprint density at radius 3 is 2.25 bits per heavy atom. The van der Waals surface area contributed by atoms with E-state index < -0.39 is 23.7 Å². The van der Waals surface area contributed by atoms with Crippen LogP contribution in [0.4, 0.5) is 5.13 Å². The number of thiazole rings is 1. The molecule has 0 bridgehead atoms. The van der Waals surface area contributed by atoms with Crippen LogP contribution in [0.15, 0.2) is 54.1 Å². The summed E-state index contributed by atoms with van der Waals surface area (Å²) >= 11 is 0.980.